The lowest BCUT2D eigenvalue weighted by atomic mass is 10.1. The fraction of sp³-hybridized carbons (Fsp3) is 0.333. The van der Waals surface area contributed by atoms with E-state index in [1.165, 1.54) is 13.2 Å². The largest absolute Gasteiger partial charge is 0.497 e. The molecule has 0 saturated heterocycles. The first-order chi connectivity index (χ1) is 8.97. The Kier molecular flexibility index (Phi) is 5.10. The van der Waals surface area contributed by atoms with Crippen molar-refractivity contribution in [3.05, 3.63) is 39.8 Å². The Morgan fingerprint density at radius 1 is 1.37 bits per heavy atom. The second kappa shape index (κ2) is 6.57. The summed E-state index contributed by atoms with van der Waals surface area (Å²) >= 11 is 0. The van der Waals surface area contributed by atoms with Crippen LogP contribution in [0.2, 0.25) is 0 Å². The van der Waals surface area contributed by atoms with Crippen molar-refractivity contribution in [1.82, 2.24) is 0 Å². The third-order valence-electron chi connectivity index (χ3n) is 2.10. The summed E-state index contributed by atoms with van der Waals surface area (Å²) in [5, 5.41) is 3.27. The number of methoxy groups -OCH3 is 1. The number of azide groups is 1. The lowest BCUT2D eigenvalue weighted by Crippen LogP contribution is -2.05. The molecule has 19 heavy (non-hydrogen) atoms. The zero-order valence-corrected chi connectivity index (χ0v) is 10.0. The Hall–Kier alpha value is -2.32. The average Bonchev–Trinajstić information content (AvgIpc) is 2.37. The highest BCUT2D eigenvalue weighted by atomic mass is 19.4. The summed E-state index contributed by atoms with van der Waals surface area (Å²) in [5.41, 5.74) is 7.43. The van der Waals surface area contributed by atoms with Gasteiger partial charge >= 0.3 is 6.18 Å². The first kappa shape index (κ1) is 14.7. The van der Waals surface area contributed by atoms with Gasteiger partial charge in [0.05, 0.1) is 12.7 Å². The number of hydrogen-bond donors (Lipinski definition) is 0. The molecule has 0 unspecified atom stereocenters. The van der Waals surface area contributed by atoms with E-state index in [9.17, 15) is 13.2 Å². The van der Waals surface area contributed by atoms with Gasteiger partial charge in [-0.3, -0.25) is 0 Å². The molecule has 7 heteroatoms. The van der Waals surface area contributed by atoms with Crippen LogP contribution in [0.25, 0.3) is 10.4 Å². The molecule has 0 N–H and O–H groups in total. The third kappa shape index (κ3) is 4.82. The van der Waals surface area contributed by atoms with E-state index in [1.54, 1.807) is 0 Å². The molecule has 1 aromatic rings. The number of alkyl halides is 3. The number of nitrogens with zero attached hydrogens (tertiary/aromatic N) is 3. The highest BCUT2D eigenvalue weighted by molar-refractivity contribution is 5.44. The molecule has 0 radical (unpaired) electrons. The van der Waals surface area contributed by atoms with E-state index < -0.39 is 11.7 Å². The van der Waals surface area contributed by atoms with Crippen LogP contribution in [0, 0.1) is 11.8 Å². The Morgan fingerprint density at radius 3 is 2.68 bits per heavy atom. The molecule has 0 bridgehead atoms. The molecule has 1 aromatic carbocycles. The topological polar surface area (TPSA) is 58.0 Å². The summed E-state index contributed by atoms with van der Waals surface area (Å²) in [4.78, 5) is 2.54. The monoisotopic (exact) mass is 269 g/mol. The predicted molar refractivity (Wildman–Crippen MR) is 63.5 cm³/mol. The summed E-state index contributed by atoms with van der Waals surface area (Å²) in [5.74, 6) is 5.30. The van der Waals surface area contributed by atoms with Crippen LogP contribution < -0.4 is 4.74 Å². The van der Waals surface area contributed by atoms with Crippen molar-refractivity contribution in [3.63, 3.8) is 0 Å². The quantitative estimate of drug-likeness (QED) is 0.271. The van der Waals surface area contributed by atoms with Crippen molar-refractivity contribution in [2.24, 2.45) is 5.11 Å². The number of halogens is 3. The summed E-state index contributed by atoms with van der Waals surface area (Å²) < 4.78 is 42.6. The minimum atomic E-state index is -4.45. The number of benzene rings is 1. The summed E-state index contributed by atoms with van der Waals surface area (Å²) in [6, 6.07) is 3.27. The molecule has 100 valence electrons. The Labute approximate surface area is 107 Å². The average molecular weight is 269 g/mol. The van der Waals surface area contributed by atoms with Crippen LogP contribution in [0.3, 0.4) is 0 Å². The van der Waals surface area contributed by atoms with E-state index in [0.29, 0.717) is 0 Å². The molecule has 0 spiro atoms. The summed E-state index contributed by atoms with van der Waals surface area (Å²) in [6.07, 6.45) is -4.17. The highest BCUT2D eigenvalue weighted by Gasteiger charge is 2.31. The molecule has 0 aromatic heterocycles. The molecule has 0 saturated carbocycles. The molecular formula is C12H10F3N3O. The molecule has 0 atom stereocenters. The van der Waals surface area contributed by atoms with Crippen molar-refractivity contribution in [2.75, 3.05) is 13.7 Å². The molecular weight excluding hydrogens is 259 g/mol. The van der Waals surface area contributed by atoms with Crippen LogP contribution >= 0.6 is 0 Å². The fourth-order valence-corrected chi connectivity index (χ4v) is 1.27. The molecule has 0 fully saturated rings. The standard InChI is InChI=1S/C12H10F3N3O/c1-19-11-7-9(4-2-3-5-17-18-16)6-10(8-11)12(13,14)15/h6-8H,3,5H2,1H3. The number of hydrogen-bond acceptors (Lipinski definition) is 2. The van der Waals surface area contributed by atoms with Crippen LogP contribution in [0.4, 0.5) is 13.2 Å². The first-order valence-corrected chi connectivity index (χ1v) is 5.23. The van der Waals surface area contributed by atoms with Crippen LogP contribution in [-0.2, 0) is 6.18 Å². The Bertz CT molecular complexity index is 552. The Morgan fingerprint density at radius 2 is 2.11 bits per heavy atom. The predicted octanol–water partition coefficient (Wildman–Crippen LogP) is 3.77. The molecule has 0 aliphatic heterocycles. The van der Waals surface area contributed by atoms with Gasteiger partial charge in [0.2, 0.25) is 0 Å². The first-order valence-electron chi connectivity index (χ1n) is 5.23. The van der Waals surface area contributed by atoms with Crippen LogP contribution in [0.5, 0.6) is 5.75 Å². The summed E-state index contributed by atoms with van der Waals surface area (Å²) in [7, 11) is 1.29. The Balaban J connectivity index is 2.97. The van der Waals surface area contributed by atoms with Gasteiger partial charge in [-0.05, 0) is 23.7 Å². The van der Waals surface area contributed by atoms with Gasteiger partial charge in [-0.1, -0.05) is 17.0 Å². The van der Waals surface area contributed by atoms with Gasteiger partial charge in [-0.2, -0.15) is 13.2 Å². The van der Waals surface area contributed by atoms with Gasteiger partial charge in [-0.25, -0.2) is 0 Å². The normalized spacial score (nSPS) is 10.1. The van der Waals surface area contributed by atoms with Gasteiger partial charge in [0.25, 0.3) is 0 Å². The summed E-state index contributed by atoms with van der Waals surface area (Å²) in [6.45, 7) is 0.180. The van der Waals surface area contributed by atoms with Gasteiger partial charge in [0.1, 0.15) is 5.75 Å². The van der Waals surface area contributed by atoms with Gasteiger partial charge < -0.3 is 4.74 Å². The van der Waals surface area contributed by atoms with E-state index in [2.05, 4.69) is 21.9 Å². The van der Waals surface area contributed by atoms with E-state index in [4.69, 9.17) is 10.3 Å². The lowest BCUT2D eigenvalue weighted by Gasteiger charge is -2.09. The zero-order valence-electron chi connectivity index (χ0n) is 10.0. The van der Waals surface area contributed by atoms with E-state index in [-0.39, 0.29) is 24.3 Å². The molecule has 1 rings (SSSR count). The highest BCUT2D eigenvalue weighted by Crippen LogP contribution is 2.32. The molecule has 0 heterocycles. The number of ether oxygens (including phenoxy) is 1. The van der Waals surface area contributed by atoms with Crippen molar-refractivity contribution in [3.8, 4) is 17.6 Å². The second-order valence-corrected chi connectivity index (χ2v) is 3.45. The molecule has 0 aliphatic rings. The van der Waals surface area contributed by atoms with Gasteiger partial charge in [-0.15, -0.1) is 0 Å². The smallest absolute Gasteiger partial charge is 0.416 e. The molecule has 0 amide bonds. The minimum absolute atomic E-state index is 0.0918. The van der Waals surface area contributed by atoms with Crippen molar-refractivity contribution < 1.29 is 17.9 Å². The van der Waals surface area contributed by atoms with E-state index in [1.807, 2.05) is 0 Å². The maximum Gasteiger partial charge on any atom is 0.416 e. The fourth-order valence-electron chi connectivity index (χ4n) is 1.27. The molecule has 0 aliphatic carbocycles. The van der Waals surface area contributed by atoms with Gasteiger partial charge in [0.15, 0.2) is 0 Å². The van der Waals surface area contributed by atoms with E-state index in [0.717, 1.165) is 12.1 Å². The maximum atomic E-state index is 12.6. The zero-order chi connectivity index (χ0) is 14.3. The SMILES string of the molecule is COc1cc(C#CCCN=[N+]=[N-])cc(C(F)(F)F)c1. The second-order valence-electron chi connectivity index (χ2n) is 3.45. The van der Waals surface area contributed by atoms with Gasteiger partial charge in [0, 0.05) is 23.4 Å². The number of rotatable bonds is 3. The van der Waals surface area contributed by atoms with E-state index >= 15 is 0 Å². The maximum absolute atomic E-state index is 12.6. The van der Waals surface area contributed by atoms with Crippen LogP contribution in [0.1, 0.15) is 17.5 Å². The van der Waals surface area contributed by atoms with Crippen LogP contribution in [-0.4, -0.2) is 13.7 Å². The van der Waals surface area contributed by atoms with Crippen LogP contribution in [0.15, 0.2) is 23.3 Å². The minimum Gasteiger partial charge on any atom is -0.497 e. The van der Waals surface area contributed by atoms with Crippen molar-refractivity contribution >= 4 is 0 Å². The van der Waals surface area contributed by atoms with Crippen molar-refractivity contribution in [1.29, 1.82) is 0 Å². The molecule has 4 nitrogen and oxygen atoms in total. The third-order valence-corrected chi connectivity index (χ3v) is 2.10. The van der Waals surface area contributed by atoms with Crippen molar-refractivity contribution in [2.45, 2.75) is 12.6 Å². The lowest BCUT2D eigenvalue weighted by molar-refractivity contribution is -0.137.